The van der Waals surface area contributed by atoms with Crippen LogP contribution in [0.5, 0.6) is 0 Å². The van der Waals surface area contributed by atoms with E-state index in [9.17, 15) is 4.79 Å². The molecule has 0 saturated carbocycles. The van der Waals surface area contributed by atoms with Gasteiger partial charge in [-0.15, -0.1) is 11.3 Å². The van der Waals surface area contributed by atoms with E-state index in [0.717, 1.165) is 26.3 Å². The van der Waals surface area contributed by atoms with Crippen LogP contribution in [0.4, 0.5) is 0 Å². The quantitative estimate of drug-likeness (QED) is 0.907. The second kappa shape index (κ2) is 8.06. The van der Waals surface area contributed by atoms with Crippen LogP contribution in [0.1, 0.15) is 26.8 Å². The number of nitrogens with one attached hydrogen (secondary N) is 1. The lowest BCUT2D eigenvalue weighted by molar-refractivity contribution is 0.0169. The van der Waals surface area contributed by atoms with Crippen molar-refractivity contribution in [3.63, 3.8) is 0 Å². The molecule has 5 nitrogen and oxygen atoms in total. The number of hydrogen-bond acceptors (Lipinski definition) is 5. The molecule has 1 aliphatic rings. The molecular formula is C18H19N3O2S. The molecule has 2 heterocycles. The number of rotatable bonds is 5. The summed E-state index contributed by atoms with van der Waals surface area (Å²) in [5, 5.41) is 13.9. The molecule has 0 unspecified atom stereocenters. The fourth-order valence-corrected chi connectivity index (χ4v) is 3.63. The van der Waals surface area contributed by atoms with E-state index < -0.39 is 0 Å². The van der Waals surface area contributed by atoms with Crippen LogP contribution in [0.25, 0.3) is 0 Å². The van der Waals surface area contributed by atoms with E-state index in [1.807, 2.05) is 6.07 Å². The first-order valence-corrected chi connectivity index (χ1v) is 8.79. The van der Waals surface area contributed by atoms with Crippen molar-refractivity contribution in [3.8, 4) is 6.07 Å². The lowest BCUT2D eigenvalue weighted by Crippen LogP contribution is -2.43. The highest BCUT2D eigenvalue weighted by molar-refractivity contribution is 7.10. The van der Waals surface area contributed by atoms with E-state index >= 15 is 0 Å². The van der Waals surface area contributed by atoms with Crippen LogP contribution in [-0.2, 0) is 4.74 Å². The second-order valence-corrected chi connectivity index (χ2v) is 6.56. The van der Waals surface area contributed by atoms with Crippen molar-refractivity contribution in [2.75, 3.05) is 32.8 Å². The van der Waals surface area contributed by atoms with Crippen molar-refractivity contribution in [2.45, 2.75) is 6.04 Å². The monoisotopic (exact) mass is 341 g/mol. The molecule has 124 valence electrons. The van der Waals surface area contributed by atoms with Crippen LogP contribution < -0.4 is 5.32 Å². The first kappa shape index (κ1) is 16.7. The maximum Gasteiger partial charge on any atom is 0.251 e. The van der Waals surface area contributed by atoms with Gasteiger partial charge in [0, 0.05) is 30.1 Å². The van der Waals surface area contributed by atoms with Gasteiger partial charge in [0.25, 0.3) is 5.91 Å². The highest BCUT2D eigenvalue weighted by Crippen LogP contribution is 2.25. The van der Waals surface area contributed by atoms with Crippen LogP contribution >= 0.6 is 11.3 Å². The number of carbonyl (C=O) groups is 1. The van der Waals surface area contributed by atoms with Gasteiger partial charge < -0.3 is 10.1 Å². The Morgan fingerprint density at radius 1 is 1.29 bits per heavy atom. The zero-order valence-electron chi connectivity index (χ0n) is 13.3. The first-order chi connectivity index (χ1) is 11.8. The summed E-state index contributed by atoms with van der Waals surface area (Å²) in [6.45, 7) is 3.75. The highest BCUT2D eigenvalue weighted by atomic mass is 32.1. The molecule has 1 atom stereocenters. The molecular weight excluding hydrogens is 322 g/mol. The smallest absolute Gasteiger partial charge is 0.251 e. The summed E-state index contributed by atoms with van der Waals surface area (Å²) < 4.78 is 5.43. The van der Waals surface area contributed by atoms with Crippen molar-refractivity contribution in [2.24, 2.45) is 0 Å². The van der Waals surface area contributed by atoms with Gasteiger partial charge in [0.15, 0.2) is 0 Å². The first-order valence-electron chi connectivity index (χ1n) is 7.91. The Morgan fingerprint density at radius 2 is 2.04 bits per heavy atom. The third kappa shape index (κ3) is 4.01. The summed E-state index contributed by atoms with van der Waals surface area (Å²) in [6.07, 6.45) is 0. The summed E-state index contributed by atoms with van der Waals surface area (Å²) in [4.78, 5) is 16.0. The average molecular weight is 341 g/mol. The molecule has 1 saturated heterocycles. The van der Waals surface area contributed by atoms with Gasteiger partial charge >= 0.3 is 0 Å². The van der Waals surface area contributed by atoms with Crippen molar-refractivity contribution in [1.29, 1.82) is 5.26 Å². The van der Waals surface area contributed by atoms with Gasteiger partial charge in [0.05, 0.1) is 30.9 Å². The Bertz CT molecular complexity index is 701. The SMILES string of the molecule is N#Cc1ccc(C(=O)NC[C@@H](c2cccs2)N2CCOCC2)cc1. The standard InChI is InChI=1S/C18H19N3O2S/c19-12-14-3-5-15(6-4-14)18(22)20-13-16(17-2-1-11-24-17)21-7-9-23-10-8-21/h1-6,11,16H,7-10,13H2,(H,20,22)/t16-/m0/s1. The number of benzene rings is 1. The fourth-order valence-electron chi connectivity index (χ4n) is 2.77. The summed E-state index contributed by atoms with van der Waals surface area (Å²) in [7, 11) is 0. The van der Waals surface area contributed by atoms with Gasteiger partial charge in [-0.1, -0.05) is 6.07 Å². The van der Waals surface area contributed by atoms with E-state index in [4.69, 9.17) is 10.00 Å². The Labute approximate surface area is 145 Å². The van der Waals surface area contributed by atoms with Crippen LogP contribution in [-0.4, -0.2) is 43.7 Å². The molecule has 0 bridgehead atoms. The molecule has 2 aromatic rings. The predicted molar refractivity (Wildman–Crippen MR) is 92.9 cm³/mol. The summed E-state index contributed by atoms with van der Waals surface area (Å²) >= 11 is 1.71. The molecule has 0 radical (unpaired) electrons. The normalized spacial score (nSPS) is 16.3. The molecule has 1 amide bonds. The van der Waals surface area contributed by atoms with Gasteiger partial charge in [0.2, 0.25) is 0 Å². The average Bonchev–Trinajstić information content (AvgIpc) is 3.17. The summed E-state index contributed by atoms with van der Waals surface area (Å²) in [5.74, 6) is -0.116. The number of amides is 1. The predicted octanol–water partition coefficient (Wildman–Crippen LogP) is 2.42. The zero-order valence-corrected chi connectivity index (χ0v) is 14.1. The molecule has 1 aliphatic heterocycles. The van der Waals surface area contributed by atoms with Crippen LogP contribution in [0.2, 0.25) is 0 Å². The van der Waals surface area contributed by atoms with E-state index in [0.29, 0.717) is 17.7 Å². The van der Waals surface area contributed by atoms with Crippen LogP contribution in [0.15, 0.2) is 41.8 Å². The van der Waals surface area contributed by atoms with Crippen molar-refractivity contribution >= 4 is 17.2 Å². The summed E-state index contributed by atoms with van der Waals surface area (Å²) in [6, 6.07) is 13.1. The molecule has 1 N–H and O–H groups in total. The molecule has 6 heteroatoms. The largest absolute Gasteiger partial charge is 0.379 e. The molecule has 1 fully saturated rings. The fraction of sp³-hybridized carbons (Fsp3) is 0.333. The lowest BCUT2D eigenvalue weighted by atomic mass is 10.1. The van der Waals surface area contributed by atoms with E-state index in [-0.39, 0.29) is 11.9 Å². The van der Waals surface area contributed by atoms with Gasteiger partial charge in [-0.3, -0.25) is 9.69 Å². The Hall–Kier alpha value is -2.20. The third-order valence-electron chi connectivity index (χ3n) is 4.09. The Morgan fingerprint density at radius 3 is 2.67 bits per heavy atom. The molecule has 24 heavy (non-hydrogen) atoms. The maximum absolute atomic E-state index is 12.4. The summed E-state index contributed by atoms with van der Waals surface area (Å²) in [5.41, 5.74) is 1.12. The zero-order chi connectivity index (χ0) is 16.8. The van der Waals surface area contributed by atoms with Gasteiger partial charge in [-0.2, -0.15) is 5.26 Å². The van der Waals surface area contributed by atoms with Gasteiger partial charge in [-0.25, -0.2) is 0 Å². The molecule has 0 aliphatic carbocycles. The second-order valence-electron chi connectivity index (χ2n) is 5.58. The number of morpholine rings is 1. The van der Waals surface area contributed by atoms with Crippen LogP contribution in [0, 0.1) is 11.3 Å². The van der Waals surface area contributed by atoms with Crippen LogP contribution in [0.3, 0.4) is 0 Å². The topological polar surface area (TPSA) is 65.4 Å². The molecule has 0 spiro atoms. The minimum absolute atomic E-state index is 0.116. The minimum Gasteiger partial charge on any atom is -0.379 e. The number of ether oxygens (including phenoxy) is 1. The van der Waals surface area contributed by atoms with Crippen molar-refractivity contribution in [1.82, 2.24) is 10.2 Å². The van der Waals surface area contributed by atoms with Crippen molar-refractivity contribution in [3.05, 3.63) is 57.8 Å². The number of nitriles is 1. The highest BCUT2D eigenvalue weighted by Gasteiger charge is 2.24. The third-order valence-corrected chi connectivity index (χ3v) is 5.06. The van der Waals surface area contributed by atoms with E-state index in [1.54, 1.807) is 35.6 Å². The minimum atomic E-state index is -0.116. The number of nitrogens with zero attached hydrogens (tertiary/aromatic N) is 2. The Kier molecular flexibility index (Phi) is 5.59. The van der Waals surface area contributed by atoms with Crippen molar-refractivity contribution < 1.29 is 9.53 Å². The number of carbonyl (C=O) groups excluding carboxylic acids is 1. The van der Waals surface area contributed by atoms with E-state index in [2.05, 4.69) is 27.7 Å². The Balaban J connectivity index is 1.66. The van der Waals surface area contributed by atoms with Gasteiger partial charge in [-0.05, 0) is 35.7 Å². The van der Waals surface area contributed by atoms with E-state index in [1.165, 1.54) is 4.88 Å². The molecule has 1 aromatic heterocycles. The maximum atomic E-state index is 12.4. The number of thiophene rings is 1. The van der Waals surface area contributed by atoms with Gasteiger partial charge in [0.1, 0.15) is 0 Å². The number of hydrogen-bond donors (Lipinski definition) is 1. The molecule has 3 rings (SSSR count). The lowest BCUT2D eigenvalue weighted by Gasteiger charge is -2.34. The molecule has 1 aromatic carbocycles.